The number of hydrogen-bond donors (Lipinski definition) is 0. The summed E-state index contributed by atoms with van der Waals surface area (Å²) in [6.45, 7) is 2.84. The van der Waals surface area contributed by atoms with Crippen LogP contribution in [-0.4, -0.2) is 19.7 Å². The molecule has 4 nitrogen and oxygen atoms in total. The summed E-state index contributed by atoms with van der Waals surface area (Å²) in [5.41, 5.74) is 4.51. The topological polar surface area (TPSA) is 43.6 Å². The molecular formula is C14H13ClN4S. The van der Waals surface area contributed by atoms with Crippen molar-refractivity contribution >= 4 is 22.9 Å². The van der Waals surface area contributed by atoms with Gasteiger partial charge in [0.15, 0.2) is 0 Å². The fourth-order valence-electron chi connectivity index (χ4n) is 2.00. The van der Waals surface area contributed by atoms with E-state index in [9.17, 15) is 0 Å². The molecule has 0 atom stereocenters. The third kappa shape index (κ3) is 2.73. The van der Waals surface area contributed by atoms with Gasteiger partial charge in [-0.25, -0.2) is 14.6 Å². The molecule has 20 heavy (non-hydrogen) atoms. The van der Waals surface area contributed by atoms with E-state index in [1.54, 1.807) is 24.0 Å². The van der Waals surface area contributed by atoms with Gasteiger partial charge in [0, 0.05) is 10.9 Å². The summed E-state index contributed by atoms with van der Waals surface area (Å²) in [5.74, 6) is 0.458. The fraction of sp³-hybridized carbons (Fsp3) is 0.214. The minimum atomic E-state index is 0.458. The Kier molecular flexibility index (Phi) is 3.80. The molecular weight excluding hydrogens is 292 g/mol. The first-order valence-corrected chi connectivity index (χ1v) is 7.60. The molecule has 3 rings (SSSR count). The number of rotatable bonds is 4. The lowest BCUT2D eigenvalue weighted by Crippen LogP contribution is -2.01. The molecule has 102 valence electrons. The van der Waals surface area contributed by atoms with Crippen molar-refractivity contribution in [3.63, 3.8) is 0 Å². The van der Waals surface area contributed by atoms with Crippen LogP contribution in [0.4, 0.5) is 0 Å². The van der Waals surface area contributed by atoms with Gasteiger partial charge in [-0.15, -0.1) is 22.9 Å². The van der Waals surface area contributed by atoms with E-state index in [4.69, 9.17) is 11.6 Å². The molecule has 2 aromatic heterocycles. The second kappa shape index (κ2) is 5.73. The summed E-state index contributed by atoms with van der Waals surface area (Å²) >= 11 is 7.42. The molecule has 3 aromatic rings. The van der Waals surface area contributed by atoms with Gasteiger partial charge in [-0.05, 0) is 24.1 Å². The van der Waals surface area contributed by atoms with Crippen LogP contribution < -0.4 is 0 Å². The van der Waals surface area contributed by atoms with Gasteiger partial charge in [0.25, 0.3) is 0 Å². The largest absolute Gasteiger partial charge is 0.249 e. The lowest BCUT2D eigenvalue weighted by Gasteiger charge is -2.07. The molecule has 0 aliphatic carbocycles. The zero-order valence-electron chi connectivity index (χ0n) is 11.0. The minimum Gasteiger partial charge on any atom is -0.249 e. The molecule has 0 bridgehead atoms. The van der Waals surface area contributed by atoms with Crippen molar-refractivity contribution in [2.75, 3.05) is 0 Å². The van der Waals surface area contributed by atoms with Gasteiger partial charge in [-0.2, -0.15) is 5.10 Å². The van der Waals surface area contributed by atoms with Crippen LogP contribution in [0.25, 0.3) is 10.6 Å². The molecule has 0 aliphatic heterocycles. The normalized spacial score (nSPS) is 10.9. The molecule has 0 aliphatic rings. The van der Waals surface area contributed by atoms with Crippen LogP contribution in [-0.2, 0) is 12.4 Å². The highest BCUT2D eigenvalue weighted by Crippen LogP contribution is 2.26. The van der Waals surface area contributed by atoms with Crippen LogP contribution in [0.3, 0.4) is 0 Å². The molecule has 6 heteroatoms. The SMILES string of the molecule is Cc1cc(-c2nc(CCl)cs2)ccc1Cn1cncn1. The number of alkyl halides is 1. The summed E-state index contributed by atoms with van der Waals surface area (Å²) in [6.07, 6.45) is 3.27. The third-order valence-electron chi connectivity index (χ3n) is 3.08. The Hall–Kier alpha value is -1.72. The first-order chi connectivity index (χ1) is 9.76. The van der Waals surface area contributed by atoms with Crippen LogP contribution in [0.1, 0.15) is 16.8 Å². The Labute approximate surface area is 126 Å². The average Bonchev–Trinajstić information content (AvgIpc) is 3.12. The second-order valence-electron chi connectivity index (χ2n) is 4.51. The molecule has 0 unspecified atom stereocenters. The lowest BCUT2D eigenvalue weighted by atomic mass is 10.1. The van der Waals surface area contributed by atoms with Crippen LogP contribution in [0, 0.1) is 6.92 Å². The molecule has 0 radical (unpaired) electrons. The van der Waals surface area contributed by atoms with E-state index in [0.29, 0.717) is 5.88 Å². The third-order valence-corrected chi connectivity index (χ3v) is 4.29. The molecule has 0 spiro atoms. The smallest absolute Gasteiger partial charge is 0.137 e. The van der Waals surface area contributed by atoms with E-state index in [1.165, 1.54) is 11.1 Å². The van der Waals surface area contributed by atoms with Crippen LogP contribution >= 0.6 is 22.9 Å². The van der Waals surface area contributed by atoms with E-state index in [1.807, 2.05) is 10.1 Å². The van der Waals surface area contributed by atoms with Gasteiger partial charge >= 0.3 is 0 Å². The van der Waals surface area contributed by atoms with Gasteiger partial charge in [-0.1, -0.05) is 12.1 Å². The van der Waals surface area contributed by atoms with E-state index in [-0.39, 0.29) is 0 Å². The van der Waals surface area contributed by atoms with Crippen molar-refractivity contribution < 1.29 is 0 Å². The molecule has 0 amide bonds. The monoisotopic (exact) mass is 304 g/mol. The van der Waals surface area contributed by atoms with Gasteiger partial charge in [0.05, 0.1) is 18.1 Å². The van der Waals surface area contributed by atoms with E-state index >= 15 is 0 Å². The van der Waals surface area contributed by atoms with Crippen LogP contribution in [0.15, 0.2) is 36.2 Å². The maximum atomic E-state index is 5.79. The van der Waals surface area contributed by atoms with Crippen molar-refractivity contribution in [2.45, 2.75) is 19.3 Å². The molecule has 0 saturated carbocycles. The van der Waals surface area contributed by atoms with Crippen LogP contribution in [0.5, 0.6) is 0 Å². The van der Waals surface area contributed by atoms with E-state index in [0.717, 1.165) is 22.8 Å². The summed E-state index contributed by atoms with van der Waals surface area (Å²) < 4.78 is 1.82. The minimum absolute atomic E-state index is 0.458. The van der Waals surface area contributed by atoms with Gasteiger partial charge in [-0.3, -0.25) is 0 Å². The fourth-order valence-corrected chi connectivity index (χ4v) is 3.04. The first kappa shape index (κ1) is 13.3. The second-order valence-corrected chi connectivity index (χ2v) is 5.64. The highest BCUT2D eigenvalue weighted by Gasteiger charge is 2.07. The zero-order valence-corrected chi connectivity index (χ0v) is 12.5. The maximum Gasteiger partial charge on any atom is 0.137 e. The lowest BCUT2D eigenvalue weighted by molar-refractivity contribution is 0.682. The predicted molar refractivity (Wildman–Crippen MR) is 81.0 cm³/mol. The standard InChI is InChI=1S/C14H13ClN4S/c1-10-4-11(14-18-13(5-15)7-20-14)2-3-12(10)6-19-9-16-8-17-19/h2-4,7-9H,5-6H2,1H3. The Morgan fingerprint density at radius 3 is 2.90 bits per heavy atom. The van der Waals surface area contributed by atoms with Gasteiger partial charge < -0.3 is 0 Å². The molecule has 0 fully saturated rings. The Morgan fingerprint density at radius 1 is 1.35 bits per heavy atom. The number of aryl methyl sites for hydroxylation is 1. The Bertz CT molecular complexity index is 706. The van der Waals surface area contributed by atoms with E-state index in [2.05, 4.69) is 40.2 Å². The summed E-state index contributed by atoms with van der Waals surface area (Å²) in [5, 5.41) is 7.14. The summed E-state index contributed by atoms with van der Waals surface area (Å²) in [6, 6.07) is 6.37. The quantitative estimate of drug-likeness (QED) is 0.693. The number of hydrogen-bond acceptors (Lipinski definition) is 4. The van der Waals surface area contributed by atoms with Crippen molar-refractivity contribution in [3.8, 4) is 10.6 Å². The van der Waals surface area contributed by atoms with Crippen molar-refractivity contribution in [1.29, 1.82) is 0 Å². The predicted octanol–water partition coefficient (Wildman–Crippen LogP) is 3.50. The number of thiazole rings is 1. The number of nitrogens with zero attached hydrogens (tertiary/aromatic N) is 4. The average molecular weight is 305 g/mol. The van der Waals surface area contributed by atoms with Gasteiger partial charge in [0.1, 0.15) is 17.7 Å². The molecule has 0 N–H and O–H groups in total. The molecule has 0 saturated heterocycles. The highest BCUT2D eigenvalue weighted by atomic mass is 35.5. The van der Waals surface area contributed by atoms with Crippen LogP contribution in [0.2, 0.25) is 0 Å². The number of aromatic nitrogens is 4. The first-order valence-electron chi connectivity index (χ1n) is 6.19. The molecule has 2 heterocycles. The zero-order chi connectivity index (χ0) is 13.9. The summed E-state index contributed by atoms with van der Waals surface area (Å²) in [7, 11) is 0. The van der Waals surface area contributed by atoms with Crippen molar-refractivity contribution in [1.82, 2.24) is 19.7 Å². The maximum absolute atomic E-state index is 5.79. The Morgan fingerprint density at radius 2 is 2.25 bits per heavy atom. The highest BCUT2D eigenvalue weighted by molar-refractivity contribution is 7.13. The van der Waals surface area contributed by atoms with Crippen molar-refractivity contribution in [3.05, 3.63) is 53.1 Å². The number of halogens is 1. The van der Waals surface area contributed by atoms with Gasteiger partial charge in [0.2, 0.25) is 0 Å². The number of benzene rings is 1. The molecule has 1 aromatic carbocycles. The van der Waals surface area contributed by atoms with E-state index < -0.39 is 0 Å². The van der Waals surface area contributed by atoms with Crippen molar-refractivity contribution in [2.24, 2.45) is 0 Å². The summed E-state index contributed by atoms with van der Waals surface area (Å²) in [4.78, 5) is 8.46. The Balaban J connectivity index is 1.87.